The highest BCUT2D eigenvalue weighted by Gasteiger charge is 2.46. The van der Waals surface area contributed by atoms with Crippen LogP contribution in [0.2, 0.25) is 0 Å². The number of hydrogen-bond donors (Lipinski definition) is 2. The fourth-order valence-corrected chi connectivity index (χ4v) is 6.24. The van der Waals surface area contributed by atoms with Gasteiger partial charge in [-0.2, -0.15) is 0 Å². The number of aromatic nitrogens is 2. The summed E-state index contributed by atoms with van der Waals surface area (Å²) in [5.74, 6) is 1.36. The number of rotatable bonds is 14. The van der Waals surface area contributed by atoms with Gasteiger partial charge in [-0.3, -0.25) is 14.3 Å². The molecule has 0 aliphatic carbocycles. The lowest BCUT2D eigenvalue weighted by molar-refractivity contribution is -0.0920. The van der Waals surface area contributed by atoms with Crippen LogP contribution >= 0.6 is 8.25 Å². The second kappa shape index (κ2) is 15.0. The van der Waals surface area contributed by atoms with Crippen LogP contribution in [0.15, 0.2) is 94.6 Å². The standard InChI is InChI=1S/C33H36N3O9P/c1-22-20-36(32(38)35-31(22)37)30-19-28(45-46(39)43-18-17-34)29(44-30)21-42-33(23-7-5-4-6-8-23,24-9-13-26(40-2)14-10-24)25-11-15-27(41-3)16-12-25/h4-16,20,28-30H,17-19,21,34H2,1-3H3/p+1/t28-,29+,30+/m0/s1. The Labute approximate surface area is 266 Å². The van der Waals surface area contributed by atoms with Gasteiger partial charge in [0, 0.05) is 29.3 Å². The topological polar surface area (TPSA) is 153 Å². The Morgan fingerprint density at radius 2 is 1.52 bits per heavy atom. The van der Waals surface area contributed by atoms with Crippen LogP contribution in [0, 0.1) is 6.92 Å². The van der Waals surface area contributed by atoms with Crippen LogP contribution in [0.3, 0.4) is 0 Å². The van der Waals surface area contributed by atoms with Crippen LogP contribution < -0.4 is 26.5 Å². The van der Waals surface area contributed by atoms with Crippen molar-refractivity contribution in [3.05, 3.63) is 128 Å². The van der Waals surface area contributed by atoms with Gasteiger partial charge in [-0.1, -0.05) is 54.6 Å². The van der Waals surface area contributed by atoms with Gasteiger partial charge in [0.2, 0.25) is 0 Å². The summed E-state index contributed by atoms with van der Waals surface area (Å²) >= 11 is 0. The van der Waals surface area contributed by atoms with Gasteiger partial charge in [0.1, 0.15) is 42.1 Å². The van der Waals surface area contributed by atoms with Gasteiger partial charge in [-0.05, 0) is 47.9 Å². The van der Waals surface area contributed by atoms with E-state index >= 15 is 0 Å². The van der Waals surface area contributed by atoms with Gasteiger partial charge in [0.15, 0.2) is 0 Å². The number of nitrogens with one attached hydrogen (secondary N) is 1. The van der Waals surface area contributed by atoms with Gasteiger partial charge in [-0.15, -0.1) is 9.05 Å². The Hall–Kier alpha value is -4.16. The molecule has 4 atom stereocenters. The summed E-state index contributed by atoms with van der Waals surface area (Å²) in [4.78, 5) is 27.1. The summed E-state index contributed by atoms with van der Waals surface area (Å²) in [6, 6.07) is 24.9. The molecule has 2 heterocycles. The van der Waals surface area contributed by atoms with E-state index in [-0.39, 0.29) is 26.2 Å². The highest BCUT2D eigenvalue weighted by atomic mass is 31.1. The Kier molecular flexibility index (Phi) is 10.8. The van der Waals surface area contributed by atoms with Crippen molar-refractivity contribution in [2.45, 2.75) is 37.4 Å². The molecule has 1 aromatic heterocycles. The van der Waals surface area contributed by atoms with Gasteiger partial charge in [0.25, 0.3) is 5.56 Å². The predicted octanol–water partition coefficient (Wildman–Crippen LogP) is 4.18. The average Bonchev–Trinajstić information content (AvgIpc) is 3.48. The lowest BCUT2D eigenvalue weighted by atomic mass is 9.80. The third kappa shape index (κ3) is 7.13. The predicted molar refractivity (Wildman–Crippen MR) is 170 cm³/mol. The van der Waals surface area contributed by atoms with Crippen molar-refractivity contribution in [1.82, 2.24) is 9.55 Å². The zero-order valence-corrected chi connectivity index (χ0v) is 26.7. The Morgan fingerprint density at radius 1 is 0.935 bits per heavy atom. The molecule has 0 spiro atoms. The maximum atomic E-state index is 12.8. The van der Waals surface area contributed by atoms with Crippen molar-refractivity contribution in [3.63, 3.8) is 0 Å². The Balaban J connectivity index is 1.56. The van der Waals surface area contributed by atoms with Crippen LogP contribution in [0.1, 0.15) is 34.9 Å². The van der Waals surface area contributed by atoms with Crippen molar-refractivity contribution in [2.24, 2.45) is 5.73 Å². The van der Waals surface area contributed by atoms with E-state index in [0.717, 1.165) is 16.7 Å². The number of benzene rings is 3. The molecule has 0 amide bonds. The summed E-state index contributed by atoms with van der Waals surface area (Å²) in [5.41, 5.74) is 6.01. The minimum atomic E-state index is -2.55. The maximum absolute atomic E-state index is 12.8. The monoisotopic (exact) mass is 650 g/mol. The summed E-state index contributed by atoms with van der Waals surface area (Å²) in [5, 5.41) is 0. The van der Waals surface area contributed by atoms with E-state index in [1.807, 2.05) is 78.9 Å². The first-order valence-electron chi connectivity index (χ1n) is 14.7. The first-order chi connectivity index (χ1) is 22.3. The van der Waals surface area contributed by atoms with Crippen molar-refractivity contribution in [3.8, 4) is 11.5 Å². The second-order valence-electron chi connectivity index (χ2n) is 10.6. The molecule has 1 aliphatic rings. The van der Waals surface area contributed by atoms with Crippen LogP contribution in [-0.4, -0.2) is 55.7 Å². The van der Waals surface area contributed by atoms with E-state index in [4.69, 9.17) is 33.7 Å². The van der Waals surface area contributed by atoms with E-state index in [1.165, 1.54) is 10.8 Å². The largest absolute Gasteiger partial charge is 0.697 e. The molecule has 3 aromatic carbocycles. The van der Waals surface area contributed by atoms with E-state index in [1.54, 1.807) is 21.1 Å². The SMILES string of the molecule is COc1ccc(C(OC[C@H]2O[C@@H](n3cc(C)c(=O)[nH]c3=O)C[C@@H]2O[P+](=O)OCCN)(c2ccccc2)c2ccc(OC)cc2)cc1. The molecule has 1 fully saturated rings. The third-order valence-electron chi connectivity index (χ3n) is 7.81. The molecular weight excluding hydrogens is 613 g/mol. The minimum absolute atomic E-state index is 0.0397. The highest BCUT2D eigenvalue weighted by Crippen LogP contribution is 2.44. The summed E-state index contributed by atoms with van der Waals surface area (Å²) in [6.45, 7) is 1.74. The molecule has 12 nitrogen and oxygen atoms in total. The van der Waals surface area contributed by atoms with Crippen molar-refractivity contribution < 1.29 is 32.6 Å². The molecule has 0 bridgehead atoms. The van der Waals surface area contributed by atoms with E-state index in [0.29, 0.717) is 17.1 Å². The Bertz CT molecular complexity index is 1680. The van der Waals surface area contributed by atoms with Crippen molar-refractivity contribution in [2.75, 3.05) is 34.0 Å². The van der Waals surface area contributed by atoms with Gasteiger partial charge in [0.05, 0.1) is 20.8 Å². The summed E-state index contributed by atoms with van der Waals surface area (Å²) < 4.78 is 49.2. The lowest BCUT2D eigenvalue weighted by Gasteiger charge is -2.37. The number of nitrogens with two attached hydrogens (primary N) is 1. The Morgan fingerprint density at radius 3 is 2.09 bits per heavy atom. The number of ether oxygens (including phenoxy) is 4. The fourth-order valence-electron chi connectivity index (χ4n) is 5.48. The first-order valence-corrected chi connectivity index (χ1v) is 15.8. The smallest absolute Gasteiger partial charge is 0.497 e. The van der Waals surface area contributed by atoms with E-state index < -0.39 is 43.5 Å². The fraction of sp³-hybridized carbons (Fsp3) is 0.333. The molecule has 13 heteroatoms. The number of nitrogens with zero attached hydrogens (tertiary/aromatic N) is 1. The maximum Gasteiger partial charge on any atom is 0.697 e. The van der Waals surface area contributed by atoms with Crippen LogP contribution in [0.25, 0.3) is 0 Å². The zero-order chi connectivity index (χ0) is 32.7. The molecule has 0 radical (unpaired) electrons. The molecule has 46 heavy (non-hydrogen) atoms. The van der Waals surface area contributed by atoms with Gasteiger partial charge >= 0.3 is 13.9 Å². The summed E-state index contributed by atoms with van der Waals surface area (Å²) in [6.07, 6.45) is -0.877. The highest BCUT2D eigenvalue weighted by molar-refractivity contribution is 7.33. The molecule has 1 aliphatic heterocycles. The van der Waals surface area contributed by atoms with E-state index in [9.17, 15) is 14.2 Å². The lowest BCUT2D eigenvalue weighted by Crippen LogP contribution is -2.38. The molecule has 0 saturated carbocycles. The molecule has 4 aromatic rings. The average molecular weight is 651 g/mol. The number of H-pyrrole nitrogens is 1. The number of methoxy groups -OCH3 is 2. The van der Waals surface area contributed by atoms with Crippen LogP contribution in [0.5, 0.6) is 11.5 Å². The van der Waals surface area contributed by atoms with Crippen LogP contribution in [0.4, 0.5) is 0 Å². The van der Waals surface area contributed by atoms with Gasteiger partial charge < -0.3 is 24.7 Å². The number of aryl methyl sites for hydroxylation is 1. The first kappa shape index (κ1) is 33.2. The normalized spacial score (nSPS) is 18.3. The number of hydrogen-bond acceptors (Lipinski definition) is 10. The third-order valence-corrected chi connectivity index (χ3v) is 8.65. The quantitative estimate of drug-likeness (QED) is 0.150. The molecule has 242 valence electrons. The molecule has 5 rings (SSSR count). The number of aromatic amines is 1. The summed E-state index contributed by atoms with van der Waals surface area (Å²) in [7, 11) is 0.652. The minimum Gasteiger partial charge on any atom is -0.497 e. The van der Waals surface area contributed by atoms with E-state index in [2.05, 4.69) is 4.98 Å². The molecule has 1 saturated heterocycles. The van der Waals surface area contributed by atoms with Gasteiger partial charge in [-0.25, -0.2) is 4.79 Å². The molecule has 1 unspecified atom stereocenters. The molecule has 3 N–H and O–H groups in total. The molecular formula is C33H37N3O9P+. The second-order valence-corrected chi connectivity index (χ2v) is 11.6. The van der Waals surface area contributed by atoms with Crippen molar-refractivity contribution >= 4 is 8.25 Å². The van der Waals surface area contributed by atoms with Crippen LogP contribution in [-0.2, 0) is 28.7 Å². The zero-order valence-electron chi connectivity index (χ0n) is 25.8. The van der Waals surface area contributed by atoms with Crippen molar-refractivity contribution in [1.29, 1.82) is 0 Å².